The van der Waals surface area contributed by atoms with Crippen LogP contribution in [0.2, 0.25) is 10.0 Å². The summed E-state index contributed by atoms with van der Waals surface area (Å²) in [6.45, 7) is 11.3. The van der Waals surface area contributed by atoms with Gasteiger partial charge in [-0.15, -0.1) is 0 Å². The summed E-state index contributed by atoms with van der Waals surface area (Å²) in [5.74, 6) is -2.14. The van der Waals surface area contributed by atoms with E-state index in [0.29, 0.717) is 48.8 Å². The second-order valence-corrected chi connectivity index (χ2v) is 22.4. The number of likely N-dealkylation sites (tertiary alicyclic amines) is 2. The molecule has 2 aliphatic carbocycles. The number of aryl methyl sites for hydroxylation is 4. The predicted octanol–water partition coefficient (Wildman–Crippen LogP) is 11.7. The van der Waals surface area contributed by atoms with Crippen molar-refractivity contribution in [3.05, 3.63) is 125 Å². The molecule has 2 saturated heterocycles. The van der Waals surface area contributed by atoms with Crippen molar-refractivity contribution < 1.29 is 38.9 Å². The third-order valence-electron chi connectivity index (χ3n) is 12.8. The largest absolute Gasteiger partial charge is 0.480 e. The lowest BCUT2D eigenvalue weighted by Crippen LogP contribution is -2.52. The highest BCUT2D eigenvalue weighted by Gasteiger charge is 2.45. The van der Waals surface area contributed by atoms with Gasteiger partial charge in [0.1, 0.15) is 23.3 Å². The lowest BCUT2D eigenvalue weighted by Gasteiger charge is -2.40. The minimum Gasteiger partial charge on any atom is -0.480 e. The minimum atomic E-state index is -1.01. The molecule has 3 unspecified atom stereocenters. The fourth-order valence-electron chi connectivity index (χ4n) is 10.1. The number of aliphatic carboxylic acids is 2. The van der Waals surface area contributed by atoms with Crippen LogP contribution < -0.4 is 0 Å². The van der Waals surface area contributed by atoms with Crippen molar-refractivity contribution in [2.45, 2.75) is 128 Å². The molecule has 66 heavy (non-hydrogen) atoms. The summed E-state index contributed by atoms with van der Waals surface area (Å²) in [7, 11) is 0. The molecule has 4 heterocycles. The average molecular weight is 1070 g/mol. The van der Waals surface area contributed by atoms with Crippen molar-refractivity contribution >= 4 is 79.2 Å². The Morgan fingerprint density at radius 2 is 0.970 bits per heavy atom. The van der Waals surface area contributed by atoms with Crippen molar-refractivity contribution in [2.24, 2.45) is 11.8 Å². The average Bonchev–Trinajstić information content (AvgIpc) is 3.49. The number of nitrogens with zero attached hydrogens (tertiary/aromatic N) is 4. The number of fused-ring (bicyclic) bond motifs is 4. The lowest BCUT2D eigenvalue weighted by atomic mass is 9.74. The number of piperidine rings is 2. The number of benzene rings is 2. The van der Waals surface area contributed by atoms with Crippen LogP contribution in [0.3, 0.4) is 0 Å². The SMILES string of the molecule is CC(C)(C)OC(=O)N1CCC([C@@H]2c3ccc(Cl)cc3CCc3cc(Br)cnc32)CC1C(=O)O.CC(C)(C)OC(=O)N1CC[C@H]([C@@H]2c3ccc(Cl)cc3CCc3cc(Br)cnc32)CC1C(=O)O. The first-order valence-corrected chi connectivity index (χ1v) is 24.7. The molecule has 0 saturated carbocycles. The van der Waals surface area contributed by atoms with Gasteiger partial charge >= 0.3 is 24.1 Å². The zero-order valence-corrected chi connectivity index (χ0v) is 42.6. The van der Waals surface area contributed by atoms with Gasteiger partial charge in [0.2, 0.25) is 0 Å². The number of rotatable bonds is 4. The monoisotopic (exact) mass is 1070 g/mol. The van der Waals surface area contributed by atoms with Crippen LogP contribution in [0.1, 0.15) is 124 Å². The predicted molar refractivity (Wildman–Crippen MR) is 259 cm³/mol. The number of carboxylic acid groups (broad SMARTS) is 2. The summed E-state index contributed by atoms with van der Waals surface area (Å²) in [6.07, 6.45) is 7.79. The van der Waals surface area contributed by atoms with E-state index in [4.69, 9.17) is 42.6 Å². The molecule has 12 nitrogen and oxygen atoms in total. The van der Waals surface area contributed by atoms with Crippen LogP contribution in [0.5, 0.6) is 0 Å². The van der Waals surface area contributed by atoms with Crippen LogP contribution in [0.25, 0.3) is 0 Å². The summed E-state index contributed by atoms with van der Waals surface area (Å²) in [6, 6.07) is 14.2. The zero-order chi connectivity index (χ0) is 47.8. The van der Waals surface area contributed by atoms with E-state index in [1.54, 1.807) is 53.9 Å². The second kappa shape index (κ2) is 20.2. The molecule has 2 amide bonds. The van der Waals surface area contributed by atoms with E-state index >= 15 is 0 Å². The Labute approximate surface area is 413 Å². The molecule has 2 N–H and O–H groups in total. The van der Waals surface area contributed by atoms with Crippen LogP contribution >= 0.6 is 55.1 Å². The van der Waals surface area contributed by atoms with Crippen molar-refractivity contribution in [1.82, 2.24) is 19.8 Å². The summed E-state index contributed by atoms with van der Waals surface area (Å²) < 4.78 is 12.8. The summed E-state index contributed by atoms with van der Waals surface area (Å²) >= 11 is 19.7. The molecule has 2 fully saturated rings. The molecule has 2 aromatic carbocycles. The number of aromatic nitrogens is 2. The Morgan fingerprint density at radius 1 is 0.606 bits per heavy atom. The standard InChI is InChI=1S/2C25H28BrClN2O4/c2*1-25(2,3)33-24(32)29-9-8-15(12-20(29)23(30)31)21-19-7-6-18(27)11-14(19)4-5-16-10-17(26)13-28-22(16)21/h2*6-7,10-11,13,15,20-21H,4-5,8-9,12H2,1-3H3,(H,30,31)/t15?,20?,21-;15-,20?,21+/m10/s1. The van der Waals surface area contributed by atoms with Crippen LogP contribution in [0.4, 0.5) is 9.59 Å². The molecule has 2 aromatic heterocycles. The fraction of sp³-hybridized carbons (Fsp3) is 0.480. The number of carbonyl (C=O) groups is 4. The number of hydrogen-bond donors (Lipinski definition) is 2. The maximum Gasteiger partial charge on any atom is 0.411 e. The third-order valence-corrected chi connectivity index (χ3v) is 14.1. The lowest BCUT2D eigenvalue weighted by molar-refractivity contribution is -0.146. The molecule has 4 aliphatic rings. The molecule has 0 spiro atoms. The van der Waals surface area contributed by atoms with Gasteiger partial charge in [-0.1, -0.05) is 35.3 Å². The van der Waals surface area contributed by atoms with Crippen LogP contribution in [-0.2, 0) is 44.7 Å². The van der Waals surface area contributed by atoms with Crippen molar-refractivity contribution in [3.8, 4) is 0 Å². The first-order valence-electron chi connectivity index (χ1n) is 22.4. The molecular weight excluding hydrogens is 1020 g/mol. The number of pyridine rings is 2. The Kier molecular flexibility index (Phi) is 15.2. The van der Waals surface area contributed by atoms with Gasteiger partial charge < -0.3 is 19.7 Å². The number of carboxylic acids is 2. The summed E-state index contributed by atoms with van der Waals surface area (Å²) in [5.41, 5.74) is 7.54. The molecule has 4 aromatic rings. The van der Waals surface area contributed by atoms with Gasteiger partial charge in [-0.2, -0.15) is 0 Å². The summed E-state index contributed by atoms with van der Waals surface area (Å²) in [5, 5.41) is 21.4. The molecular formula is C50H56Br2Cl2N4O8. The van der Waals surface area contributed by atoms with Crippen LogP contribution in [-0.4, -0.2) is 90.5 Å². The van der Waals surface area contributed by atoms with E-state index in [0.717, 1.165) is 68.3 Å². The van der Waals surface area contributed by atoms with Gasteiger partial charge in [-0.3, -0.25) is 19.8 Å². The normalized spacial score (nSPS) is 22.7. The second-order valence-electron chi connectivity index (χ2n) is 19.7. The maximum absolute atomic E-state index is 12.7. The highest BCUT2D eigenvalue weighted by atomic mass is 79.9. The van der Waals surface area contributed by atoms with Crippen molar-refractivity contribution in [2.75, 3.05) is 13.1 Å². The topological polar surface area (TPSA) is 159 Å². The van der Waals surface area contributed by atoms with Crippen molar-refractivity contribution in [3.63, 3.8) is 0 Å². The van der Waals surface area contributed by atoms with E-state index in [9.17, 15) is 29.4 Å². The van der Waals surface area contributed by atoms with Crippen LogP contribution in [0, 0.1) is 11.8 Å². The number of carbonyl (C=O) groups excluding carboxylic acids is 2. The minimum absolute atomic E-state index is 0.00948. The van der Waals surface area contributed by atoms with Gasteiger partial charge in [0.25, 0.3) is 0 Å². The van der Waals surface area contributed by atoms with Gasteiger partial charge in [0.05, 0.1) is 11.4 Å². The highest BCUT2D eigenvalue weighted by molar-refractivity contribution is 9.10. The molecule has 0 radical (unpaired) electrons. The van der Waals surface area contributed by atoms with Gasteiger partial charge in [-0.25, -0.2) is 19.2 Å². The molecule has 16 heteroatoms. The first kappa shape index (κ1) is 49.7. The fourth-order valence-corrected chi connectivity index (χ4v) is 11.2. The molecule has 8 rings (SSSR count). The van der Waals surface area contributed by atoms with Gasteiger partial charge in [0, 0.05) is 56.3 Å². The maximum atomic E-state index is 12.7. The number of halogens is 4. The molecule has 2 aliphatic heterocycles. The molecule has 6 atom stereocenters. The molecule has 352 valence electrons. The van der Waals surface area contributed by atoms with Crippen LogP contribution in [0.15, 0.2) is 69.9 Å². The van der Waals surface area contributed by atoms with Gasteiger partial charge in [-0.05, 0) is 206 Å². The van der Waals surface area contributed by atoms with Gasteiger partial charge in [0.15, 0.2) is 0 Å². The first-order chi connectivity index (χ1) is 31.1. The van der Waals surface area contributed by atoms with E-state index in [2.05, 4.69) is 56.1 Å². The third kappa shape index (κ3) is 11.5. The Morgan fingerprint density at radius 3 is 1.32 bits per heavy atom. The van der Waals surface area contributed by atoms with E-state index in [-0.39, 0.29) is 23.7 Å². The Hall–Kier alpha value is -4.24. The van der Waals surface area contributed by atoms with E-state index in [1.807, 2.05) is 24.3 Å². The van der Waals surface area contributed by atoms with E-state index in [1.165, 1.54) is 20.9 Å². The molecule has 0 bridgehead atoms. The quantitative estimate of drug-likeness (QED) is 0.201. The highest BCUT2D eigenvalue weighted by Crippen LogP contribution is 2.46. The smallest absolute Gasteiger partial charge is 0.411 e. The zero-order valence-electron chi connectivity index (χ0n) is 38.0. The Balaban J connectivity index is 0.000000196. The Bertz CT molecular complexity index is 2230. The van der Waals surface area contributed by atoms with E-state index < -0.39 is 47.4 Å². The number of hydrogen-bond acceptors (Lipinski definition) is 8. The van der Waals surface area contributed by atoms with Crippen molar-refractivity contribution in [1.29, 1.82) is 0 Å². The number of amides is 2. The number of ether oxygens (including phenoxy) is 2. The summed E-state index contributed by atoms with van der Waals surface area (Å²) in [4.78, 5) is 62.3.